The molecule has 0 atom stereocenters. The second-order valence-corrected chi connectivity index (χ2v) is 3.77. The Balaban J connectivity index is 2.33. The molecule has 0 spiro atoms. The lowest BCUT2D eigenvalue weighted by Gasteiger charge is -2.33. The van der Waals surface area contributed by atoms with Crippen LogP contribution in [0.2, 0.25) is 0 Å². The fraction of sp³-hybridized carbons (Fsp3) is 0.636. The van der Waals surface area contributed by atoms with Gasteiger partial charge in [0, 0.05) is 33.2 Å². The van der Waals surface area contributed by atoms with Crippen molar-refractivity contribution < 1.29 is 9.59 Å². The van der Waals surface area contributed by atoms with E-state index < -0.39 is 0 Å². The highest BCUT2D eigenvalue weighted by atomic mass is 16.2. The Morgan fingerprint density at radius 2 is 1.88 bits per heavy atom. The molecule has 1 saturated heterocycles. The maximum Gasteiger partial charge on any atom is 0.246 e. The van der Waals surface area contributed by atoms with E-state index in [1.165, 1.54) is 0 Å². The second-order valence-electron chi connectivity index (χ2n) is 3.77. The molecule has 0 aromatic carbocycles. The largest absolute Gasteiger partial charge is 0.358 e. The predicted molar refractivity (Wildman–Crippen MR) is 61.9 cm³/mol. The number of hydrogen-bond donors (Lipinski definition) is 1. The lowest BCUT2D eigenvalue weighted by Crippen LogP contribution is -2.50. The molecular formula is C11H19N3O2. The van der Waals surface area contributed by atoms with Crippen molar-refractivity contribution in [2.24, 2.45) is 0 Å². The van der Waals surface area contributed by atoms with E-state index in [-0.39, 0.29) is 11.8 Å². The summed E-state index contributed by atoms with van der Waals surface area (Å²) in [6, 6.07) is 0. The van der Waals surface area contributed by atoms with Gasteiger partial charge in [0.15, 0.2) is 0 Å². The summed E-state index contributed by atoms with van der Waals surface area (Å²) in [6.07, 6.45) is 3.33. The van der Waals surface area contributed by atoms with Crippen molar-refractivity contribution in [3.05, 3.63) is 12.2 Å². The normalized spacial score (nSPS) is 17.8. The SMILES string of the molecule is CC=CC(=O)N1CCN(CC(=O)NC)CC1. The number of allylic oxidation sites excluding steroid dienone is 1. The lowest BCUT2D eigenvalue weighted by molar-refractivity contribution is -0.128. The first kappa shape index (κ1) is 12.7. The van der Waals surface area contributed by atoms with Crippen LogP contribution in [0, 0.1) is 0 Å². The van der Waals surface area contributed by atoms with Crippen molar-refractivity contribution in [3.63, 3.8) is 0 Å². The molecule has 1 aliphatic rings. The van der Waals surface area contributed by atoms with Gasteiger partial charge < -0.3 is 10.2 Å². The van der Waals surface area contributed by atoms with Gasteiger partial charge in [-0.3, -0.25) is 14.5 Å². The first-order chi connectivity index (χ1) is 7.67. The molecule has 0 bridgehead atoms. The van der Waals surface area contributed by atoms with Gasteiger partial charge in [-0.1, -0.05) is 6.08 Å². The molecule has 0 radical (unpaired) electrons. The molecule has 2 amide bonds. The summed E-state index contributed by atoms with van der Waals surface area (Å²) >= 11 is 0. The van der Waals surface area contributed by atoms with Gasteiger partial charge in [0.2, 0.25) is 11.8 Å². The quantitative estimate of drug-likeness (QED) is 0.656. The first-order valence-electron chi connectivity index (χ1n) is 5.52. The summed E-state index contributed by atoms with van der Waals surface area (Å²) in [5.41, 5.74) is 0. The Labute approximate surface area is 96.1 Å². The van der Waals surface area contributed by atoms with Crippen molar-refractivity contribution in [2.75, 3.05) is 39.8 Å². The average molecular weight is 225 g/mol. The summed E-state index contributed by atoms with van der Waals surface area (Å²) < 4.78 is 0. The molecular weight excluding hydrogens is 206 g/mol. The molecule has 5 heteroatoms. The maximum absolute atomic E-state index is 11.5. The number of amides is 2. The van der Waals surface area contributed by atoms with Crippen LogP contribution < -0.4 is 5.32 Å². The van der Waals surface area contributed by atoms with E-state index in [0.717, 1.165) is 13.1 Å². The smallest absolute Gasteiger partial charge is 0.246 e. The minimum absolute atomic E-state index is 0.0215. The van der Waals surface area contributed by atoms with Crippen molar-refractivity contribution in [1.29, 1.82) is 0 Å². The van der Waals surface area contributed by atoms with Crippen LogP contribution >= 0.6 is 0 Å². The van der Waals surface area contributed by atoms with Crippen LogP contribution in [0.15, 0.2) is 12.2 Å². The van der Waals surface area contributed by atoms with E-state index in [9.17, 15) is 9.59 Å². The molecule has 0 aromatic rings. The van der Waals surface area contributed by atoms with E-state index in [0.29, 0.717) is 19.6 Å². The number of piperazine rings is 1. The van der Waals surface area contributed by atoms with Crippen molar-refractivity contribution in [2.45, 2.75) is 6.92 Å². The minimum Gasteiger partial charge on any atom is -0.358 e. The lowest BCUT2D eigenvalue weighted by atomic mass is 10.3. The highest BCUT2D eigenvalue weighted by Crippen LogP contribution is 2.02. The third-order valence-corrected chi connectivity index (χ3v) is 2.64. The highest BCUT2D eigenvalue weighted by Gasteiger charge is 2.20. The van der Waals surface area contributed by atoms with Crippen LogP contribution in [0.4, 0.5) is 0 Å². The van der Waals surface area contributed by atoms with Crippen LogP contribution in [0.1, 0.15) is 6.92 Å². The fourth-order valence-electron chi connectivity index (χ4n) is 1.66. The topological polar surface area (TPSA) is 52.7 Å². The van der Waals surface area contributed by atoms with Gasteiger partial charge >= 0.3 is 0 Å². The third kappa shape index (κ3) is 3.66. The van der Waals surface area contributed by atoms with E-state index in [1.807, 2.05) is 6.92 Å². The fourth-order valence-corrected chi connectivity index (χ4v) is 1.66. The molecule has 1 N–H and O–H groups in total. The molecule has 0 aliphatic carbocycles. The highest BCUT2D eigenvalue weighted by molar-refractivity contribution is 5.87. The van der Waals surface area contributed by atoms with Crippen LogP contribution in [0.5, 0.6) is 0 Å². The Hall–Kier alpha value is -1.36. The number of hydrogen-bond acceptors (Lipinski definition) is 3. The molecule has 5 nitrogen and oxygen atoms in total. The van der Waals surface area contributed by atoms with Crippen molar-refractivity contribution in [1.82, 2.24) is 15.1 Å². The summed E-state index contributed by atoms with van der Waals surface area (Å²) in [6.45, 7) is 5.16. The zero-order chi connectivity index (χ0) is 12.0. The zero-order valence-electron chi connectivity index (χ0n) is 9.90. The van der Waals surface area contributed by atoms with Crippen LogP contribution in [-0.4, -0.2) is 61.4 Å². The summed E-state index contributed by atoms with van der Waals surface area (Å²) in [4.78, 5) is 26.5. The molecule has 1 fully saturated rings. The molecule has 0 aromatic heterocycles. The monoisotopic (exact) mass is 225 g/mol. The van der Waals surface area contributed by atoms with Gasteiger partial charge in [0.05, 0.1) is 6.54 Å². The number of rotatable bonds is 3. The van der Waals surface area contributed by atoms with E-state index >= 15 is 0 Å². The van der Waals surface area contributed by atoms with Gasteiger partial charge in [-0.15, -0.1) is 0 Å². The first-order valence-corrected chi connectivity index (χ1v) is 5.52. The number of nitrogens with one attached hydrogen (secondary N) is 1. The minimum atomic E-state index is 0.0215. The third-order valence-electron chi connectivity index (χ3n) is 2.64. The Morgan fingerprint density at radius 3 is 2.38 bits per heavy atom. The Morgan fingerprint density at radius 1 is 1.25 bits per heavy atom. The Kier molecular flexibility index (Phi) is 4.98. The standard InChI is InChI=1S/C11H19N3O2/c1-3-4-11(16)14-7-5-13(6-8-14)9-10(15)12-2/h3-4H,5-9H2,1-2H3,(H,12,15). The molecule has 0 saturated carbocycles. The van der Waals surface area contributed by atoms with Crippen LogP contribution in [0.25, 0.3) is 0 Å². The van der Waals surface area contributed by atoms with Crippen LogP contribution in [0.3, 0.4) is 0 Å². The maximum atomic E-state index is 11.5. The van der Waals surface area contributed by atoms with Crippen molar-refractivity contribution in [3.8, 4) is 0 Å². The van der Waals surface area contributed by atoms with E-state index in [1.54, 1.807) is 24.1 Å². The number of likely N-dealkylation sites (N-methyl/N-ethyl adjacent to an activating group) is 1. The van der Waals surface area contributed by atoms with Gasteiger partial charge in [-0.25, -0.2) is 0 Å². The average Bonchev–Trinajstić information content (AvgIpc) is 2.30. The van der Waals surface area contributed by atoms with Gasteiger partial charge in [0.25, 0.3) is 0 Å². The number of carbonyl (C=O) groups is 2. The summed E-state index contributed by atoms with van der Waals surface area (Å²) in [5, 5.41) is 2.59. The number of carbonyl (C=O) groups excluding carboxylic acids is 2. The summed E-state index contributed by atoms with van der Waals surface area (Å²) in [7, 11) is 1.63. The molecule has 16 heavy (non-hydrogen) atoms. The van der Waals surface area contributed by atoms with Crippen molar-refractivity contribution >= 4 is 11.8 Å². The number of nitrogens with zero attached hydrogens (tertiary/aromatic N) is 2. The molecule has 90 valence electrons. The van der Waals surface area contributed by atoms with Gasteiger partial charge in [0.1, 0.15) is 0 Å². The molecule has 1 rings (SSSR count). The van der Waals surface area contributed by atoms with E-state index in [2.05, 4.69) is 10.2 Å². The zero-order valence-corrected chi connectivity index (χ0v) is 9.90. The van der Waals surface area contributed by atoms with Crippen LogP contribution in [-0.2, 0) is 9.59 Å². The van der Waals surface area contributed by atoms with Gasteiger partial charge in [-0.2, -0.15) is 0 Å². The Bertz CT molecular complexity index is 281. The predicted octanol–water partition coefficient (Wildman–Crippen LogP) is -0.547. The second kappa shape index (κ2) is 6.27. The molecule has 1 aliphatic heterocycles. The summed E-state index contributed by atoms with van der Waals surface area (Å²) in [5.74, 6) is 0.0790. The van der Waals surface area contributed by atoms with E-state index in [4.69, 9.17) is 0 Å². The van der Waals surface area contributed by atoms with Gasteiger partial charge in [-0.05, 0) is 13.0 Å². The molecule has 0 unspecified atom stereocenters. The molecule has 1 heterocycles.